The summed E-state index contributed by atoms with van der Waals surface area (Å²) >= 11 is 0. The lowest BCUT2D eigenvalue weighted by Crippen LogP contribution is -2.14. The van der Waals surface area contributed by atoms with E-state index >= 15 is 0 Å². The summed E-state index contributed by atoms with van der Waals surface area (Å²) in [6.07, 6.45) is 0. The Kier molecular flexibility index (Phi) is 5.66. The lowest BCUT2D eigenvalue weighted by molar-refractivity contribution is 0.0474. The number of carbonyl (C=O) groups excluding carboxylic acids is 2. The van der Waals surface area contributed by atoms with Crippen LogP contribution in [-0.4, -0.2) is 23.5 Å². The van der Waals surface area contributed by atoms with Crippen molar-refractivity contribution in [2.75, 3.05) is 6.61 Å². The molecule has 0 amide bonds. The van der Waals surface area contributed by atoms with Crippen molar-refractivity contribution < 1.29 is 23.6 Å². The topological polar surface area (TPSA) is 78.6 Å². The molecule has 3 rings (SSSR count). The number of aryl methyl sites for hydroxylation is 2. The number of ketones is 1. The molecule has 6 heteroatoms. The van der Waals surface area contributed by atoms with Crippen LogP contribution < -0.4 is 4.74 Å². The van der Waals surface area contributed by atoms with Crippen LogP contribution in [0.5, 0.6) is 5.75 Å². The molecule has 0 saturated carbocycles. The van der Waals surface area contributed by atoms with Gasteiger partial charge in [-0.25, -0.2) is 4.79 Å². The van der Waals surface area contributed by atoms with Crippen LogP contribution in [0.1, 0.15) is 37.7 Å². The quantitative estimate of drug-likeness (QED) is 0.467. The van der Waals surface area contributed by atoms with Crippen molar-refractivity contribution in [2.24, 2.45) is 0 Å². The Balaban J connectivity index is 1.59. The number of nitrogens with zero attached hydrogens (tertiary/aromatic N) is 1. The van der Waals surface area contributed by atoms with E-state index in [1.54, 1.807) is 48.5 Å². The lowest BCUT2D eigenvalue weighted by atomic mass is 10.1. The summed E-state index contributed by atoms with van der Waals surface area (Å²) in [5, 5.41) is 3.88. The van der Waals surface area contributed by atoms with Crippen molar-refractivity contribution in [3.63, 3.8) is 0 Å². The Hall–Kier alpha value is -3.41. The van der Waals surface area contributed by atoms with E-state index in [2.05, 4.69) is 5.16 Å². The highest BCUT2D eigenvalue weighted by atomic mass is 16.5. The molecule has 6 nitrogen and oxygen atoms in total. The van der Waals surface area contributed by atoms with Gasteiger partial charge in [0.05, 0.1) is 16.8 Å². The third-order valence-electron chi connectivity index (χ3n) is 4.06. The number of rotatable bonds is 7. The molecule has 0 fully saturated rings. The van der Waals surface area contributed by atoms with E-state index in [1.807, 2.05) is 19.9 Å². The second-order valence-electron chi connectivity index (χ2n) is 5.98. The second kappa shape index (κ2) is 8.31. The van der Waals surface area contributed by atoms with Crippen LogP contribution in [-0.2, 0) is 11.3 Å². The fourth-order valence-corrected chi connectivity index (χ4v) is 2.50. The number of Topliss-reactive ketones (excluding diaryl/α,β-unsaturated/α-hetero) is 1. The molecule has 0 unspecified atom stereocenters. The van der Waals surface area contributed by atoms with E-state index in [4.69, 9.17) is 14.0 Å². The maximum absolute atomic E-state index is 12.2. The van der Waals surface area contributed by atoms with Crippen LogP contribution >= 0.6 is 0 Å². The average molecular weight is 365 g/mol. The fraction of sp³-hybridized carbons (Fsp3) is 0.190. The van der Waals surface area contributed by atoms with Gasteiger partial charge in [-0.05, 0) is 32.0 Å². The summed E-state index contributed by atoms with van der Waals surface area (Å²) < 4.78 is 15.9. The van der Waals surface area contributed by atoms with Crippen LogP contribution in [0.15, 0.2) is 59.1 Å². The monoisotopic (exact) mass is 365 g/mol. The van der Waals surface area contributed by atoms with Gasteiger partial charge in [-0.2, -0.15) is 0 Å². The first-order valence-electron chi connectivity index (χ1n) is 8.44. The van der Waals surface area contributed by atoms with Crippen LogP contribution in [0.25, 0.3) is 0 Å². The van der Waals surface area contributed by atoms with E-state index in [0.717, 1.165) is 11.3 Å². The van der Waals surface area contributed by atoms with Crippen molar-refractivity contribution in [1.29, 1.82) is 0 Å². The summed E-state index contributed by atoms with van der Waals surface area (Å²) in [6.45, 7) is 3.63. The van der Waals surface area contributed by atoms with E-state index in [1.165, 1.54) is 0 Å². The number of hydrogen-bond donors (Lipinski definition) is 0. The third-order valence-corrected chi connectivity index (χ3v) is 4.06. The normalized spacial score (nSPS) is 10.4. The first-order valence-corrected chi connectivity index (χ1v) is 8.44. The van der Waals surface area contributed by atoms with Gasteiger partial charge in [-0.15, -0.1) is 0 Å². The highest BCUT2D eigenvalue weighted by Gasteiger charge is 2.13. The predicted octanol–water partition coefficient (Wildman–Crippen LogP) is 3.91. The molecule has 0 radical (unpaired) electrons. The Labute approximate surface area is 156 Å². The fourth-order valence-electron chi connectivity index (χ4n) is 2.50. The second-order valence-corrected chi connectivity index (χ2v) is 5.98. The van der Waals surface area contributed by atoms with Crippen molar-refractivity contribution in [1.82, 2.24) is 5.16 Å². The molecule has 0 saturated heterocycles. The van der Waals surface area contributed by atoms with E-state index in [-0.39, 0.29) is 19.0 Å². The van der Waals surface area contributed by atoms with Gasteiger partial charge in [0.25, 0.3) is 0 Å². The minimum Gasteiger partial charge on any atom is -0.489 e. The van der Waals surface area contributed by atoms with E-state index < -0.39 is 5.97 Å². The molecule has 0 aliphatic rings. The number of benzene rings is 2. The molecular weight excluding hydrogens is 346 g/mol. The van der Waals surface area contributed by atoms with Gasteiger partial charge in [0.15, 0.2) is 12.4 Å². The summed E-state index contributed by atoms with van der Waals surface area (Å²) in [6, 6.07) is 15.3. The lowest BCUT2D eigenvalue weighted by Gasteiger charge is -2.08. The van der Waals surface area contributed by atoms with Gasteiger partial charge < -0.3 is 14.0 Å². The smallest absolute Gasteiger partial charge is 0.338 e. The molecule has 0 N–H and O–H groups in total. The predicted molar refractivity (Wildman–Crippen MR) is 97.8 cm³/mol. The number of carbonyl (C=O) groups is 2. The first-order chi connectivity index (χ1) is 13.0. The van der Waals surface area contributed by atoms with Gasteiger partial charge in [0.1, 0.15) is 18.1 Å². The summed E-state index contributed by atoms with van der Waals surface area (Å²) in [4.78, 5) is 24.2. The Morgan fingerprint density at radius 1 is 1.00 bits per heavy atom. The van der Waals surface area contributed by atoms with Gasteiger partial charge in [0.2, 0.25) is 0 Å². The van der Waals surface area contributed by atoms with Gasteiger partial charge in [-0.3, -0.25) is 4.79 Å². The standard InChI is InChI=1S/C21H19NO5/c1-14-19(15(2)27-22-14)12-25-18-10-6-9-17(11-18)21(24)26-13-20(23)16-7-4-3-5-8-16/h3-11H,12-13H2,1-2H3. The van der Waals surface area contributed by atoms with Crippen LogP contribution in [0.3, 0.4) is 0 Å². The average Bonchev–Trinajstić information content (AvgIpc) is 3.02. The van der Waals surface area contributed by atoms with Gasteiger partial charge in [0, 0.05) is 5.56 Å². The largest absolute Gasteiger partial charge is 0.489 e. The molecule has 0 aliphatic heterocycles. The number of ether oxygens (including phenoxy) is 2. The molecule has 3 aromatic rings. The molecule has 138 valence electrons. The number of esters is 1. The minimum atomic E-state index is -0.581. The third kappa shape index (κ3) is 4.61. The minimum absolute atomic E-state index is 0.255. The highest BCUT2D eigenvalue weighted by molar-refractivity contribution is 5.99. The van der Waals surface area contributed by atoms with E-state index in [0.29, 0.717) is 22.6 Å². The number of hydrogen-bond acceptors (Lipinski definition) is 6. The Morgan fingerprint density at radius 3 is 2.44 bits per heavy atom. The molecule has 0 bridgehead atoms. The van der Waals surface area contributed by atoms with Crippen LogP contribution in [0, 0.1) is 13.8 Å². The SMILES string of the molecule is Cc1noc(C)c1COc1cccc(C(=O)OCC(=O)c2ccccc2)c1. The summed E-state index contributed by atoms with van der Waals surface area (Å²) in [5.41, 5.74) is 2.45. The Morgan fingerprint density at radius 2 is 1.74 bits per heavy atom. The molecule has 0 aliphatic carbocycles. The highest BCUT2D eigenvalue weighted by Crippen LogP contribution is 2.19. The van der Waals surface area contributed by atoms with Crippen molar-refractivity contribution in [3.05, 3.63) is 82.7 Å². The molecule has 0 spiro atoms. The van der Waals surface area contributed by atoms with Crippen LogP contribution in [0.2, 0.25) is 0 Å². The molecule has 0 atom stereocenters. The summed E-state index contributed by atoms with van der Waals surface area (Å²) in [5.74, 6) is 0.373. The van der Waals surface area contributed by atoms with Gasteiger partial charge in [-0.1, -0.05) is 41.6 Å². The van der Waals surface area contributed by atoms with Crippen molar-refractivity contribution in [3.8, 4) is 5.75 Å². The first kappa shape index (κ1) is 18.4. The molecule has 27 heavy (non-hydrogen) atoms. The molecular formula is C21H19NO5. The molecule has 1 aromatic heterocycles. The summed E-state index contributed by atoms with van der Waals surface area (Å²) in [7, 11) is 0. The van der Waals surface area contributed by atoms with E-state index in [9.17, 15) is 9.59 Å². The van der Waals surface area contributed by atoms with Crippen molar-refractivity contribution in [2.45, 2.75) is 20.5 Å². The van der Waals surface area contributed by atoms with Crippen molar-refractivity contribution >= 4 is 11.8 Å². The zero-order valence-corrected chi connectivity index (χ0v) is 15.1. The molecule has 1 heterocycles. The van der Waals surface area contributed by atoms with Gasteiger partial charge >= 0.3 is 5.97 Å². The Bertz CT molecular complexity index is 927. The zero-order chi connectivity index (χ0) is 19.2. The maximum atomic E-state index is 12.2. The maximum Gasteiger partial charge on any atom is 0.338 e. The number of aromatic nitrogens is 1. The van der Waals surface area contributed by atoms with Crippen LogP contribution in [0.4, 0.5) is 0 Å². The zero-order valence-electron chi connectivity index (χ0n) is 15.1. The molecule has 2 aromatic carbocycles.